The molecule has 0 spiro atoms. The molecular formula is C81H135N31O25. The van der Waals surface area contributed by atoms with Gasteiger partial charge in [-0.3, -0.25) is 102 Å². The molecule has 1 aromatic heterocycles. The van der Waals surface area contributed by atoms with E-state index in [0.29, 0.717) is 31.4 Å². The number of nitrogens with two attached hydrogens (primary N) is 5. The third kappa shape index (κ3) is 48.4. The van der Waals surface area contributed by atoms with E-state index in [1.807, 2.05) is 6.92 Å². The summed E-state index contributed by atoms with van der Waals surface area (Å²) in [4.78, 5) is 235. The fraction of sp³-hybridized carbons (Fsp3) is 0.642. The third-order valence-electron chi connectivity index (χ3n) is 20.3. The summed E-state index contributed by atoms with van der Waals surface area (Å²) < 4.78 is 23.6. The Morgan fingerprint density at radius 3 is 1.72 bits per heavy atom. The lowest BCUT2D eigenvalue weighted by Crippen LogP contribution is -2.60. The van der Waals surface area contributed by atoms with E-state index >= 15 is 0 Å². The monoisotopic (exact) mass is 1940 g/mol. The van der Waals surface area contributed by atoms with Crippen molar-refractivity contribution in [1.29, 1.82) is 16.2 Å². The predicted octanol–water partition coefficient (Wildman–Crippen LogP) is -13.3. The smallest absolute Gasteiger partial charge is 0.249 e. The number of aliphatic imine (C=N–C) groups is 1. The predicted molar refractivity (Wildman–Crippen MR) is 486 cm³/mol. The Balaban J connectivity index is 1.58. The van der Waals surface area contributed by atoms with Crippen LogP contribution < -0.4 is 130 Å². The molecule has 36 N–H and O–H groups in total. The van der Waals surface area contributed by atoms with Crippen LogP contribution in [-0.2, 0) is 120 Å². The summed E-state index contributed by atoms with van der Waals surface area (Å²) in [5, 5.41) is 120. The van der Waals surface area contributed by atoms with Crippen molar-refractivity contribution >= 4 is 124 Å². The van der Waals surface area contributed by atoms with Crippen LogP contribution in [0.5, 0.6) is 5.75 Å². The molecule has 2 aliphatic heterocycles. The van der Waals surface area contributed by atoms with E-state index in [2.05, 4.69) is 116 Å². The number of fused-ring (bicyclic) bond motifs is 3. The van der Waals surface area contributed by atoms with Crippen molar-refractivity contribution in [3.05, 3.63) is 41.7 Å². The zero-order valence-corrected chi connectivity index (χ0v) is 76.7. The van der Waals surface area contributed by atoms with Crippen LogP contribution >= 0.6 is 0 Å². The molecule has 2 aliphatic rings. The first-order valence-corrected chi connectivity index (χ1v) is 44.8. The molecule has 0 saturated carbocycles. The molecule has 0 radical (unpaired) electrons. The van der Waals surface area contributed by atoms with E-state index in [4.69, 9.17) is 63.8 Å². The highest BCUT2D eigenvalue weighted by atomic mass is 16.5. The molecule has 2 aromatic rings. The number of nitrogens with zero attached hydrogens (tertiary/aromatic N) is 4. The van der Waals surface area contributed by atoms with Crippen molar-refractivity contribution < 1.29 is 121 Å². The molecule has 0 fully saturated rings. The molecule has 2 unspecified atom stereocenters. The van der Waals surface area contributed by atoms with Gasteiger partial charge in [0.2, 0.25) is 100 Å². The number of aromatic nitrogens is 3. The summed E-state index contributed by atoms with van der Waals surface area (Å²) in [5.74, 6) is -16.9. The molecule has 0 aliphatic carbocycles. The largest absolute Gasteiger partial charge is 0.508 e. The number of hydrogen-bond acceptors (Lipinski definition) is 32. The number of carbonyl (C=O) groups is 17. The average Bonchev–Trinajstić information content (AvgIpc) is 1.70. The van der Waals surface area contributed by atoms with Crippen LogP contribution in [0.3, 0.4) is 0 Å². The van der Waals surface area contributed by atoms with E-state index in [1.54, 1.807) is 0 Å². The first kappa shape index (κ1) is 116. The number of amides is 17. The highest BCUT2D eigenvalue weighted by Gasteiger charge is 2.39. The number of ether oxygens (including phenoxy) is 4. The topological polar surface area (TPSA) is 881 Å². The first-order chi connectivity index (χ1) is 65.4. The minimum absolute atomic E-state index is 0.00370. The summed E-state index contributed by atoms with van der Waals surface area (Å²) in [6.07, 6.45) is 1.38. The van der Waals surface area contributed by atoms with Crippen molar-refractivity contribution in [1.82, 2.24) is 116 Å². The number of hydrogen-bond donors (Lipinski definition) is 31. The van der Waals surface area contributed by atoms with Crippen molar-refractivity contribution in [3.63, 3.8) is 0 Å². The minimum Gasteiger partial charge on any atom is -0.508 e. The summed E-state index contributed by atoms with van der Waals surface area (Å²) >= 11 is 0. The van der Waals surface area contributed by atoms with Gasteiger partial charge in [0, 0.05) is 64.7 Å². The van der Waals surface area contributed by atoms with E-state index in [0.717, 1.165) is 19.8 Å². The second-order valence-corrected chi connectivity index (χ2v) is 31.6. The van der Waals surface area contributed by atoms with Gasteiger partial charge in [-0.1, -0.05) is 30.7 Å². The fourth-order valence-corrected chi connectivity index (χ4v) is 13.1. The van der Waals surface area contributed by atoms with Crippen LogP contribution in [0.2, 0.25) is 0 Å². The third-order valence-corrected chi connectivity index (χ3v) is 20.3. The number of carbonyl (C=O) groups excluding carboxylic acids is 17. The molecule has 56 heteroatoms. The van der Waals surface area contributed by atoms with Crippen LogP contribution in [0.25, 0.3) is 0 Å². The van der Waals surface area contributed by atoms with Crippen molar-refractivity contribution in [2.75, 3.05) is 125 Å². The number of aryl methyl sites for hydroxylation is 1. The Morgan fingerprint density at radius 2 is 1.08 bits per heavy atom. The minimum atomic E-state index is -1.84. The van der Waals surface area contributed by atoms with Gasteiger partial charge in [-0.05, 0) is 115 Å². The SMILES string of the molecule is CCCCC(=O)NCCOCCOCCOCC(=O)N[C@H]1Cc2cn(nn2)CCCC[C@@H](C(=O)NCCOCC(=O)NCC(=O)N[C@@H](CCCNC(=N)N)C(=O)N[C@@H](CCCNC(=N)N)C(=O)NCC(=O)NC(C(=O)N[C@@H](CO)C(=O)NCC(N)=O)C(C)O)NC(=O)[C@H](CCCCN)NC2=NC(=O)C[C@@H]2NC(=O)[C@H](Cc2ccc(O)cc2)NC(=O)[C@H](CO)NC(=O)[C@H](CCCNC(=N)N)NC1=O. The van der Waals surface area contributed by atoms with Gasteiger partial charge in [-0.25, -0.2) is 0 Å². The molecule has 4 rings (SSSR count). The Bertz CT molecular complexity index is 4340. The van der Waals surface area contributed by atoms with Gasteiger partial charge in [0.15, 0.2) is 17.9 Å². The first-order valence-electron chi connectivity index (χ1n) is 44.8. The van der Waals surface area contributed by atoms with Crippen LogP contribution in [0.4, 0.5) is 0 Å². The van der Waals surface area contributed by atoms with Gasteiger partial charge in [0.05, 0.1) is 96.7 Å². The summed E-state index contributed by atoms with van der Waals surface area (Å²) in [5.41, 5.74) is 27.8. The Kier molecular flexibility index (Phi) is 54.9. The number of phenolic OH excluding ortho intramolecular Hbond substituents is 1. The number of primary amides is 1. The van der Waals surface area contributed by atoms with Crippen LogP contribution in [-0.4, -0.2) is 357 Å². The molecule has 0 saturated heterocycles. The number of aliphatic hydroxyl groups is 3. The number of aliphatic hydroxyl groups excluding tert-OH is 3. The lowest BCUT2D eigenvalue weighted by atomic mass is 10.0. The van der Waals surface area contributed by atoms with Crippen LogP contribution in [0.1, 0.15) is 128 Å². The van der Waals surface area contributed by atoms with Gasteiger partial charge in [0.1, 0.15) is 85.2 Å². The fourth-order valence-electron chi connectivity index (χ4n) is 13.1. The van der Waals surface area contributed by atoms with Gasteiger partial charge >= 0.3 is 0 Å². The maximum absolute atomic E-state index is 14.8. The number of benzene rings is 1. The average molecular weight is 1940 g/mol. The van der Waals surface area contributed by atoms with E-state index in [-0.39, 0.29) is 179 Å². The van der Waals surface area contributed by atoms with E-state index < -0.39 is 237 Å². The Labute approximate surface area is 788 Å². The van der Waals surface area contributed by atoms with E-state index in [1.165, 1.54) is 35.1 Å². The number of unbranched alkanes of at least 4 members (excludes halogenated alkanes) is 2. The summed E-state index contributed by atoms with van der Waals surface area (Å²) in [6, 6.07) is -11.3. The van der Waals surface area contributed by atoms with Crippen LogP contribution in [0, 0.1) is 16.2 Å². The van der Waals surface area contributed by atoms with E-state index in [9.17, 15) is 102 Å². The number of rotatable bonds is 56. The number of aromatic hydroxyl groups is 1. The second kappa shape index (κ2) is 65.1. The zero-order chi connectivity index (χ0) is 101. The molecule has 1 aromatic carbocycles. The zero-order valence-electron chi connectivity index (χ0n) is 76.7. The lowest BCUT2D eigenvalue weighted by Gasteiger charge is -2.27. The Hall–Kier alpha value is -13.7. The van der Waals surface area contributed by atoms with Crippen molar-refractivity contribution in [2.24, 2.45) is 33.7 Å². The van der Waals surface area contributed by atoms with Crippen molar-refractivity contribution in [2.45, 2.75) is 209 Å². The molecule has 3 heterocycles. The summed E-state index contributed by atoms with van der Waals surface area (Å²) in [6.45, 7) is -2.07. The highest BCUT2D eigenvalue weighted by molar-refractivity contribution is 6.08. The lowest BCUT2D eigenvalue weighted by molar-refractivity contribution is -0.135. The maximum Gasteiger partial charge on any atom is 0.249 e. The standard InChI is InChI=1S/C81H135N31O25/c1-3-4-17-61(118)90-26-29-134-31-32-135-33-34-137-45-66(123)99-57-36-48-41-112(111-110-48)28-8-6-13-50(101-73(128)53(12-5-7-22-82)100-68-55(37-62(119)109-68)104-75(130)56(35-47-18-20-49(116)21-19-47)105-77(132)59(43-114)106-74(129)54(103-76(57)131)16-11-25-94-81(88)89)69(124)91-27-30-136-44-65(122)95-39-63(120)98-52(15-10-24-93-80(86)87)72(127)102-51(14-9-23-92-79(84)85)70(125)97-40-64(121)108-67(46(2)115)78(133)107-58(42-113)71(126)96-38-60(83)117/h18-21,41,46,50-59,67,113-116H,3-17,22-40,42-45,82H2,1-2H3,(H2,83,117)(H,90,118)(H,91,124)(H,95,122)(H,96,126)(H,97,125)(H,98,120)(H,99,123)(H,101,128)(H,102,127)(H,103,131)(H,104,130)(H,105,132)(H,106,129)(H,107,133)(H,108,121)(H4,84,85,92)(H4,86,87,93)(H4,88,89,94)(H,100,109,119)/t46?,50-,51-,52-,53-,54-,55-,56-,57-,58-,59-,67?/m0/s1. The number of amidine groups is 1. The molecule has 56 nitrogen and oxygen atoms in total. The Morgan fingerprint density at radius 1 is 0.533 bits per heavy atom. The van der Waals surface area contributed by atoms with Crippen molar-refractivity contribution in [3.8, 4) is 5.75 Å². The maximum atomic E-state index is 14.8. The van der Waals surface area contributed by atoms with Gasteiger partial charge in [-0.15, -0.1) is 5.10 Å². The number of nitrogens with one attached hydrogen (secondary N) is 22. The normalized spacial score (nSPS) is 18.4. The second-order valence-electron chi connectivity index (χ2n) is 31.6. The van der Waals surface area contributed by atoms with Gasteiger partial charge in [0.25, 0.3) is 0 Å². The number of phenols is 1. The molecule has 17 amide bonds. The molecular weight excluding hydrogens is 1810 g/mol. The molecule has 2 bridgehead atoms. The van der Waals surface area contributed by atoms with Crippen LogP contribution in [0.15, 0.2) is 35.5 Å². The van der Waals surface area contributed by atoms with Gasteiger partial charge in [-0.2, -0.15) is 4.99 Å². The number of guanidine groups is 3. The quantitative estimate of drug-likeness (QED) is 0.0166. The van der Waals surface area contributed by atoms with Gasteiger partial charge < -0.3 is 169 Å². The molecule has 137 heavy (non-hydrogen) atoms. The highest BCUT2D eigenvalue weighted by Crippen LogP contribution is 2.17. The molecule has 764 valence electrons. The summed E-state index contributed by atoms with van der Waals surface area (Å²) in [7, 11) is 0. The molecule has 12 atom stereocenters.